The normalized spacial score (nSPS) is 12.2. The number of hydrogen-bond donors (Lipinski definition) is 3. The van der Waals surface area contributed by atoms with Crippen LogP contribution in [-0.2, 0) is 6.42 Å². The number of halogens is 1. The summed E-state index contributed by atoms with van der Waals surface area (Å²) in [5, 5.41) is 2.98. The van der Waals surface area contributed by atoms with E-state index in [1.54, 1.807) is 6.26 Å². The van der Waals surface area contributed by atoms with Crippen LogP contribution in [-0.4, -0.2) is 16.0 Å². The van der Waals surface area contributed by atoms with Crippen molar-refractivity contribution < 1.29 is 8.81 Å². The van der Waals surface area contributed by atoms with Crippen LogP contribution in [0.25, 0.3) is 0 Å². The van der Waals surface area contributed by atoms with Crippen molar-refractivity contribution in [2.45, 2.75) is 25.8 Å². The molecule has 2 heterocycles. The van der Waals surface area contributed by atoms with Gasteiger partial charge in [0.25, 0.3) is 0 Å². The average Bonchev–Trinajstić information content (AvgIpc) is 2.92. The molecule has 7 heteroatoms. The molecule has 0 radical (unpaired) electrons. The summed E-state index contributed by atoms with van der Waals surface area (Å²) in [7, 11) is 0. The molecule has 0 aliphatic heterocycles. The number of nitrogens with two attached hydrogens (primary N) is 1. The first-order valence-electron chi connectivity index (χ1n) is 5.97. The van der Waals surface area contributed by atoms with Crippen molar-refractivity contribution in [1.29, 1.82) is 0 Å². The third-order valence-electron chi connectivity index (χ3n) is 2.66. The first kappa shape index (κ1) is 13.3. The van der Waals surface area contributed by atoms with E-state index in [9.17, 15) is 4.39 Å². The largest absolute Gasteiger partial charge is 0.469 e. The molecule has 0 saturated heterocycles. The predicted octanol–water partition coefficient (Wildman–Crippen LogP) is 1.93. The number of aromatic nitrogens is 2. The van der Waals surface area contributed by atoms with Gasteiger partial charge in [-0.2, -0.15) is 4.98 Å². The van der Waals surface area contributed by atoms with E-state index < -0.39 is 5.82 Å². The van der Waals surface area contributed by atoms with Gasteiger partial charge in [0.05, 0.1) is 12.5 Å². The van der Waals surface area contributed by atoms with Crippen molar-refractivity contribution in [3.8, 4) is 0 Å². The number of aryl methyl sites for hydroxylation is 1. The van der Waals surface area contributed by atoms with E-state index >= 15 is 0 Å². The van der Waals surface area contributed by atoms with E-state index in [1.807, 2.05) is 19.1 Å². The number of anilines is 2. The Morgan fingerprint density at radius 2 is 2.37 bits per heavy atom. The maximum atomic E-state index is 13.5. The Balaban J connectivity index is 1.92. The highest BCUT2D eigenvalue weighted by atomic mass is 19.1. The van der Waals surface area contributed by atoms with Crippen molar-refractivity contribution in [2.24, 2.45) is 5.84 Å². The molecule has 0 amide bonds. The Hall–Kier alpha value is -2.15. The van der Waals surface area contributed by atoms with E-state index in [1.165, 1.54) is 0 Å². The Labute approximate surface area is 110 Å². The first-order chi connectivity index (χ1) is 9.19. The second kappa shape index (κ2) is 6.14. The highest BCUT2D eigenvalue weighted by Crippen LogP contribution is 2.14. The number of hydrazine groups is 1. The van der Waals surface area contributed by atoms with Crippen LogP contribution < -0.4 is 16.6 Å². The molecule has 0 aliphatic rings. The van der Waals surface area contributed by atoms with Crippen LogP contribution in [0.4, 0.5) is 16.2 Å². The molecule has 0 saturated carbocycles. The molecular weight excluding hydrogens is 249 g/mol. The van der Waals surface area contributed by atoms with Crippen molar-refractivity contribution in [3.63, 3.8) is 0 Å². The van der Waals surface area contributed by atoms with E-state index in [2.05, 4.69) is 20.7 Å². The number of rotatable bonds is 6. The van der Waals surface area contributed by atoms with Crippen LogP contribution in [0.15, 0.2) is 29.0 Å². The van der Waals surface area contributed by atoms with Gasteiger partial charge in [0.15, 0.2) is 11.6 Å². The minimum absolute atomic E-state index is 0.0418. The lowest BCUT2D eigenvalue weighted by atomic mass is 10.1. The molecule has 2 rings (SSSR count). The monoisotopic (exact) mass is 265 g/mol. The van der Waals surface area contributed by atoms with Gasteiger partial charge in [-0.3, -0.25) is 5.43 Å². The Kier molecular flexibility index (Phi) is 4.30. The van der Waals surface area contributed by atoms with E-state index in [0.717, 1.165) is 24.8 Å². The van der Waals surface area contributed by atoms with Crippen molar-refractivity contribution in [1.82, 2.24) is 9.97 Å². The summed E-state index contributed by atoms with van der Waals surface area (Å²) in [5.41, 5.74) is 2.28. The number of nitrogen functional groups attached to an aromatic ring is 1. The van der Waals surface area contributed by atoms with Gasteiger partial charge in [0, 0.05) is 12.5 Å². The molecule has 2 aromatic rings. The lowest BCUT2D eigenvalue weighted by Gasteiger charge is -2.14. The molecule has 102 valence electrons. The Morgan fingerprint density at radius 1 is 1.53 bits per heavy atom. The first-order valence-corrected chi connectivity index (χ1v) is 5.97. The average molecular weight is 265 g/mol. The van der Waals surface area contributed by atoms with Crippen molar-refractivity contribution in [3.05, 3.63) is 36.2 Å². The summed E-state index contributed by atoms with van der Waals surface area (Å²) in [6, 6.07) is 3.80. The van der Waals surface area contributed by atoms with Crippen LogP contribution in [0.5, 0.6) is 0 Å². The Morgan fingerprint density at radius 3 is 3.05 bits per heavy atom. The van der Waals surface area contributed by atoms with Gasteiger partial charge in [-0.1, -0.05) is 0 Å². The van der Waals surface area contributed by atoms with Crippen LogP contribution in [0.2, 0.25) is 0 Å². The summed E-state index contributed by atoms with van der Waals surface area (Å²) in [4.78, 5) is 7.59. The van der Waals surface area contributed by atoms with E-state index in [0.29, 0.717) is 0 Å². The second-order valence-electron chi connectivity index (χ2n) is 4.20. The SMILES string of the molecule is CC(CCc1ccco1)Nc1nc(NN)ncc1F. The number of furan rings is 1. The summed E-state index contributed by atoms with van der Waals surface area (Å²) >= 11 is 0. The molecule has 0 aromatic carbocycles. The zero-order chi connectivity index (χ0) is 13.7. The minimum atomic E-state index is -0.510. The highest BCUT2D eigenvalue weighted by Gasteiger charge is 2.10. The molecule has 19 heavy (non-hydrogen) atoms. The van der Waals surface area contributed by atoms with Gasteiger partial charge in [-0.15, -0.1) is 0 Å². The molecule has 2 aromatic heterocycles. The minimum Gasteiger partial charge on any atom is -0.469 e. The lowest BCUT2D eigenvalue weighted by Crippen LogP contribution is -2.19. The van der Waals surface area contributed by atoms with Crippen LogP contribution >= 0.6 is 0 Å². The summed E-state index contributed by atoms with van der Waals surface area (Å²) in [6.07, 6.45) is 4.28. The van der Waals surface area contributed by atoms with E-state index in [-0.39, 0.29) is 17.8 Å². The fourth-order valence-corrected chi connectivity index (χ4v) is 1.66. The predicted molar refractivity (Wildman–Crippen MR) is 69.9 cm³/mol. The van der Waals surface area contributed by atoms with Gasteiger partial charge in [0.1, 0.15) is 5.76 Å². The summed E-state index contributed by atoms with van der Waals surface area (Å²) < 4.78 is 18.7. The lowest BCUT2D eigenvalue weighted by molar-refractivity contribution is 0.494. The fourth-order valence-electron chi connectivity index (χ4n) is 1.66. The van der Waals surface area contributed by atoms with Gasteiger partial charge < -0.3 is 9.73 Å². The maximum absolute atomic E-state index is 13.5. The molecule has 1 unspecified atom stereocenters. The molecule has 0 spiro atoms. The van der Waals surface area contributed by atoms with Gasteiger partial charge in [-0.25, -0.2) is 15.2 Å². The van der Waals surface area contributed by atoms with Crippen molar-refractivity contribution in [2.75, 3.05) is 10.7 Å². The number of nitrogens with one attached hydrogen (secondary N) is 2. The molecule has 6 nitrogen and oxygen atoms in total. The zero-order valence-corrected chi connectivity index (χ0v) is 10.6. The Bertz CT molecular complexity index is 517. The van der Waals surface area contributed by atoms with Gasteiger partial charge in [-0.05, 0) is 25.5 Å². The smallest absolute Gasteiger partial charge is 0.239 e. The molecule has 4 N–H and O–H groups in total. The molecule has 0 bridgehead atoms. The van der Waals surface area contributed by atoms with Crippen LogP contribution in [0.1, 0.15) is 19.1 Å². The zero-order valence-electron chi connectivity index (χ0n) is 10.6. The third kappa shape index (κ3) is 3.65. The standard InChI is InChI=1S/C12H16FN5O/c1-8(4-5-9-3-2-6-19-9)16-11-10(13)7-15-12(17-11)18-14/h2-3,6-8H,4-5,14H2,1H3,(H2,15,16,17,18). The quantitative estimate of drug-likeness (QED) is 0.546. The van der Waals surface area contributed by atoms with Crippen LogP contribution in [0.3, 0.4) is 0 Å². The van der Waals surface area contributed by atoms with E-state index in [4.69, 9.17) is 10.3 Å². The third-order valence-corrected chi connectivity index (χ3v) is 2.66. The molecule has 0 aliphatic carbocycles. The maximum Gasteiger partial charge on any atom is 0.239 e. The number of hydrogen-bond acceptors (Lipinski definition) is 6. The number of nitrogens with zero attached hydrogens (tertiary/aromatic N) is 2. The van der Waals surface area contributed by atoms with Gasteiger partial charge >= 0.3 is 0 Å². The molecular formula is C12H16FN5O. The second-order valence-corrected chi connectivity index (χ2v) is 4.20. The topological polar surface area (TPSA) is 89.0 Å². The fraction of sp³-hybridized carbons (Fsp3) is 0.333. The molecule has 0 fully saturated rings. The summed E-state index contributed by atoms with van der Waals surface area (Å²) in [5.74, 6) is 5.88. The highest BCUT2D eigenvalue weighted by molar-refractivity contribution is 5.41. The molecule has 1 atom stereocenters. The van der Waals surface area contributed by atoms with Gasteiger partial charge in [0.2, 0.25) is 5.95 Å². The summed E-state index contributed by atoms with van der Waals surface area (Å²) in [6.45, 7) is 1.94. The van der Waals surface area contributed by atoms with Crippen LogP contribution in [0, 0.1) is 5.82 Å². The van der Waals surface area contributed by atoms with Crippen molar-refractivity contribution >= 4 is 11.8 Å².